The normalized spacial score (nSPS) is 12.7. The van der Waals surface area contributed by atoms with Crippen LogP contribution in [0, 0.1) is 0 Å². The molecule has 0 saturated carbocycles. The average Bonchev–Trinajstić information content (AvgIpc) is 3.00. The van der Waals surface area contributed by atoms with Crippen LogP contribution in [0.25, 0.3) is 10.9 Å². The van der Waals surface area contributed by atoms with Crippen molar-refractivity contribution in [1.29, 1.82) is 0 Å². The third kappa shape index (κ3) is 3.31. The Labute approximate surface area is 130 Å². The number of H-pyrrole nitrogens is 1. The molecule has 21 heavy (non-hydrogen) atoms. The fourth-order valence-electron chi connectivity index (χ4n) is 2.49. The highest BCUT2D eigenvalue weighted by atomic mass is 32.2. The van der Waals surface area contributed by atoms with E-state index in [2.05, 4.69) is 72.0 Å². The lowest BCUT2D eigenvalue weighted by Gasteiger charge is -2.15. The lowest BCUT2D eigenvalue weighted by molar-refractivity contribution is 0.574. The average molecular weight is 296 g/mol. The first-order valence-electron chi connectivity index (χ1n) is 7.19. The van der Waals surface area contributed by atoms with E-state index in [1.165, 1.54) is 26.9 Å². The van der Waals surface area contributed by atoms with Crippen molar-refractivity contribution in [1.82, 2.24) is 10.3 Å². The number of thioether (sulfide) groups is 1. The van der Waals surface area contributed by atoms with E-state index in [1.807, 2.05) is 6.20 Å². The first kappa shape index (κ1) is 14.2. The van der Waals surface area contributed by atoms with Crippen molar-refractivity contribution in [2.45, 2.75) is 24.4 Å². The molecule has 0 aliphatic rings. The van der Waals surface area contributed by atoms with Gasteiger partial charge >= 0.3 is 0 Å². The van der Waals surface area contributed by atoms with Gasteiger partial charge in [0.15, 0.2) is 0 Å². The number of hydrogen-bond acceptors (Lipinski definition) is 2. The summed E-state index contributed by atoms with van der Waals surface area (Å²) in [5.74, 6) is 0. The van der Waals surface area contributed by atoms with Crippen molar-refractivity contribution in [3.05, 3.63) is 65.9 Å². The minimum Gasteiger partial charge on any atom is -0.361 e. The summed E-state index contributed by atoms with van der Waals surface area (Å²) in [6, 6.07) is 17.8. The molecule has 2 nitrogen and oxygen atoms in total. The molecule has 0 radical (unpaired) electrons. The Morgan fingerprint density at radius 3 is 2.67 bits per heavy atom. The minimum atomic E-state index is 0.347. The fourth-order valence-corrected chi connectivity index (χ4v) is 2.89. The highest BCUT2D eigenvalue weighted by Gasteiger charge is 2.05. The van der Waals surface area contributed by atoms with Crippen LogP contribution < -0.4 is 5.32 Å². The van der Waals surface area contributed by atoms with Gasteiger partial charge in [0, 0.05) is 29.2 Å². The molecular weight excluding hydrogens is 276 g/mol. The number of fused-ring (bicyclic) bond motifs is 1. The van der Waals surface area contributed by atoms with Gasteiger partial charge in [-0.1, -0.05) is 24.3 Å². The standard InChI is InChI=1S/C18H20N2S/c1-13(15-5-7-17(21-2)8-6-15)20-12-14-3-4-16-9-10-19-18(16)11-14/h3-11,13,19-20H,12H2,1-2H3. The predicted octanol–water partition coefficient (Wildman–Crippen LogP) is 4.74. The summed E-state index contributed by atoms with van der Waals surface area (Å²) < 4.78 is 0. The third-order valence-corrected chi connectivity index (χ3v) is 4.59. The second kappa shape index (κ2) is 6.37. The van der Waals surface area contributed by atoms with Crippen LogP contribution >= 0.6 is 11.8 Å². The summed E-state index contributed by atoms with van der Waals surface area (Å²) >= 11 is 1.78. The van der Waals surface area contributed by atoms with Crippen LogP contribution in [-0.4, -0.2) is 11.2 Å². The molecule has 2 aromatic carbocycles. The number of nitrogens with one attached hydrogen (secondary N) is 2. The molecule has 1 atom stereocenters. The van der Waals surface area contributed by atoms with Gasteiger partial charge in [-0.25, -0.2) is 0 Å². The molecule has 0 aliphatic heterocycles. The van der Waals surface area contributed by atoms with Crippen LogP contribution in [0.3, 0.4) is 0 Å². The van der Waals surface area contributed by atoms with Crippen molar-refractivity contribution < 1.29 is 0 Å². The first-order valence-corrected chi connectivity index (χ1v) is 8.42. The van der Waals surface area contributed by atoms with Crippen molar-refractivity contribution in [2.24, 2.45) is 0 Å². The zero-order chi connectivity index (χ0) is 14.7. The van der Waals surface area contributed by atoms with Crippen molar-refractivity contribution in [2.75, 3.05) is 6.26 Å². The third-order valence-electron chi connectivity index (χ3n) is 3.85. The lowest BCUT2D eigenvalue weighted by atomic mass is 10.1. The maximum Gasteiger partial charge on any atom is 0.0457 e. The van der Waals surface area contributed by atoms with E-state index < -0.39 is 0 Å². The van der Waals surface area contributed by atoms with Crippen molar-refractivity contribution in [3.8, 4) is 0 Å². The van der Waals surface area contributed by atoms with Gasteiger partial charge in [0.1, 0.15) is 0 Å². The van der Waals surface area contributed by atoms with Crippen molar-refractivity contribution in [3.63, 3.8) is 0 Å². The number of benzene rings is 2. The van der Waals surface area contributed by atoms with Crippen LogP contribution in [0.5, 0.6) is 0 Å². The molecule has 1 heterocycles. The smallest absolute Gasteiger partial charge is 0.0457 e. The van der Waals surface area contributed by atoms with Gasteiger partial charge < -0.3 is 10.3 Å². The Kier molecular flexibility index (Phi) is 4.32. The van der Waals surface area contributed by atoms with E-state index in [0.29, 0.717) is 6.04 Å². The number of rotatable bonds is 5. The van der Waals surface area contributed by atoms with Crippen LogP contribution in [0.4, 0.5) is 0 Å². The van der Waals surface area contributed by atoms with Gasteiger partial charge in [-0.15, -0.1) is 11.8 Å². The second-order valence-corrected chi connectivity index (χ2v) is 6.15. The SMILES string of the molecule is CSc1ccc(C(C)NCc2ccc3cc[nH]c3c2)cc1. The molecule has 3 aromatic rings. The first-order chi connectivity index (χ1) is 10.3. The molecule has 1 unspecified atom stereocenters. The van der Waals surface area contributed by atoms with Crippen LogP contribution in [-0.2, 0) is 6.54 Å². The molecule has 0 amide bonds. The predicted molar refractivity (Wildman–Crippen MR) is 91.8 cm³/mol. The molecular formula is C18H20N2S. The molecule has 3 heteroatoms. The van der Waals surface area contributed by atoms with Crippen LogP contribution in [0.2, 0.25) is 0 Å². The largest absolute Gasteiger partial charge is 0.361 e. The summed E-state index contributed by atoms with van der Waals surface area (Å²) in [5.41, 5.74) is 3.83. The maximum absolute atomic E-state index is 3.59. The summed E-state index contributed by atoms with van der Waals surface area (Å²) in [5, 5.41) is 4.85. The second-order valence-electron chi connectivity index (χ2n) is 5.28. The van der Waals surface area contributed by atoms with E-state index in [0.717, 1.165) is 6.54 Å². The van der Waals surface area contributed by atoms with Gasteiger partial charge in [-0.3, -0.25) is 0 Å². The molecule has 0 fully saturated rings. The lowest BCUT2D eigenvalue weighted by Crippen LogP contribution is -2.17. The maximum atomic E-state index is 3.59. The molecule has 2 N–H and O–H groups in total. The highest BCUT2D eigenvalue weighted by molar-refractivity contribution is 7.98. The summed E-state index contributed by atoms with van der Waals surface area (Å²) in [7, 11) is 0. The van der Waals surface area contributed by atoms with Crippen LogP contribution in [0.15, 0.2) is 59.6 Å². The van der Waals surface area contributed by atoms with Gasteiger partial charge in [-0.05, 0) is 54.0 Å². The van der Waals surface area contributed by atoms with E-state index in [4.69, 9.17) is 0 Å². The highest BCUT2D eigenvalue weighted by Crippen LogP contribution is 2.20. The Morgan fingerprint density at radius 1 is 1.10 bits per heavy atom. The molecule has 0 aliphatic carbocycles. The van der Waals surface area contributed by atoms with E-state index in [9.17, 15) is 0 Å². The van der Waals surface area contributed by atoms with E-state index in [1.54, 1.807) is 11.8 Å². The molecule has 0 saturated heterocycles. The molecule has 0 spiro atoms. The summed E-state index contributed by atoms with van der Waals surface area (Å²) in [6.07, 6.45) is 4.09. The summed E-state index contributed by atoms with van der Waals surface area (Å²) in [4.78, 5) is 4.57. The van der Waals surface area contributed by atoms with Gasteiger partial charge in [-0.2, -0.15) is 0 Å². The Bertz CT molecular complexity index is 715. The Balaban J connectivity index is 1.65. The van der Waals surface area contributed by atoms with E-state index >= 15 is 0 Å². The van der Waals surface area contributed by atoms with E-state index in [-0.39, 0.29) is 0 Å². The van der Waals surface area contributed by atoms with Crippen molar-refractivity contribution >= 4 is 22.7 Å². The topological polar surface area (TPSA) is 27.8 Å². The van der Waals surface area contributed by atoms with Crippen LogP contribution in [0.1, 0.15) is 24.1 Å². The molecule has 1 aromatic heterocycles. The molecule has 3 rings (SSSR count). The zero-order valence-corrected chi connectivity index (χ0v) is 13.2. The summed E-state index contributed by atoms with van der Waals surface area (Å²) in [6.45, 7) is 3.08. The van der Waals surface area contributed by atoms with Gasteiger partial charge in [0.05, 0.1) is 0 Å². The monoisotopic (exact) mass is 296 g/mol. The Morgan fingerprint density at radius 2 is 1.90 bits per heavy atom. The Hall–Kier alpha value is -1.71. The quantitative estimate of drug-likeness (QED) is 0.666. The number of aromatic nitrogens is 1. The molecule has 108 valence electrons. The van der Waals surface area contributed by atoms with Gasteiger partial charge in [0.25, 0.3) is 0 Å². The fraction of sp³-hybridized carbons (Fsp3) is 0.222. The number of aromatic amines is 1. The number of hydrogen-bond donors (Lipinski definition) is 2. The minimum absolute atomic E-state index is 0.347. The molecule has 0 bridgehead atoms. The van der Waals surface area contributed by atoms with Gasteiger partial charge in [0.2, 0.25) is 0 Å². The zero-order valence-electron chi connectivity index (χ0n) is 12.4.